The maximum Gasteiger partial charge on any atom is 0.257 e. The van der Waals surface area contributed by atoms with E-state index in [1.54, 1.807) is 23.6 Å². The molecule has 0 saturated carbocycles. The second-order valence-electron chi connectivity index (χ2n) is 2.81. The Bertz CT molecular complexity index is 470. The molecule has 76 valence electrons. The maximum atomic E-state index is 11.6. The number of hydrogen-bond donors (Lipinski definition) is 1. The van der Waals surface area contributed by atoms with Gasteiger partial charge in [-0.15, -0.1) is 0 Å². The van der Waals surface area contributed by atoms with Crippen molar-refractivity contribution in [1.82, 2.24) is 4.98 Å². The second-order valence-corrected chi connectivity index (χ2v) is 4.40. The fourth-order valence-electron chi connectivity index (χ4n) is 1.06. The van der Waals surface area contributed by atoms with Crippen LogP contribution in [0.4, 0.5) is 5.82 Å². The molecule has 2 rings (SSSR count). The van der Waals surface area contributed by atoms with Crippen molar-refractivity contribution in [3.8, 4) is 0 Å². The van der Waals surface area contributed by atoms with Crippen molar-refractivity contribution in [3.05, 3.63) is 45.2 Å². The first-order chi connectivity index (χ1) is 7.25. The molecule has 1 N–H and O–H groups in total. The monoisotopic (exact) mass is 282 g/mol. The highest BCUT2D eigenvalue weighted by molar-refractivity contribution is 9.10. The van der Waals surface area contributed by atoms with Crippen LogP contribution in [-0.4, -0.2) is 10.9 Å². The molecule has 0 aromatic carbocycles. The topological polar surface area (TPSA) is 42.0 Å². The molecule has 2 aromatic heterocycles. The number of carbonyl (C=O) groups excluding carboxylic acids is 1. The fraction of sp³-hybridized carbons (Fsp3) is 0. The molecular weight excluding hydrogens is 276 g/mol. The van der Waals surface area contributed by atoms with E-state index in [0.717, 1.165) is 0 Å². The van der Waals surface area contributed by atoms with E-state index in [-0.39, 0.29) is 5.91 Å². The predicted molar refractivity (Wildman–Crippen MR) is 64.2 cm³/mol. The summed E-state index contributed by atoms with van der Waals surface area (Å²) in [6.45, 7) is 0. The predicted octanol–water partition coefficient (Wildman–Crippen LogP) is 3.16. The average Bonchev–Trinajstić information content (AvgIpc) is 2.70. The largest absolute Gasteiger partial charge is 0.307 e. The van der Waals surface area contributed by atoms with Gasteiger partial charge in [-0.25, -0.2) is 4.98 Å². The molecule has 5 heteroatoms. The molecule has 0 aliphatic heterocycles. The van der Waals surface area contributed by atoms with Crippen LogP contribution >= 0.6 is 27.3 Å². The van der Waals surface area contributed by atoms with Crippen LogP contribution in [0.3, 0.4) is 0 Å². The SMILES string of the molecule is O=C(Nc1cccc(Br)n1)c1ccsc1. The zero-order valence-corrected chi connectivity index (χ0v) is 10.0. The molecule has 0 fully saturated rings. The van der Waals surface area contributed by atoms with Crippen LogP contribution in [0.15, 0.2) is 39.6 Å². The summed E-state index contributed by atoms with van der Waals surface area (Å²) < 4.78 is 0.700. The summed E-state index contributed by atoms with van der Waals surface area (Å²) in [5.41, 5.74) is 0.654. The molecule has 2 aromatic rings. The fourth-order valence-corrected chi connectivity index (χ4v) is 2.04. The third kappa shape index (κ3) is 2.64. The summed E-state index contributed by atoms with van der Waals surface area (Å²) in [7, 11) is 0. The van der Waals surface area contributed by atoms with Gasteiger partial charge in [0.2, 0.25) is 0 Å². The second kappa shape index (κ2) is 4.55. The minimum atomic E-state index is -0.137. The summed E-state index contributed by atoms with van der Waals surface area (Å²) in [4.78, 5) is 15.7. The van der Waals surface area contributed by atoms with Gasteiger partial charge >= 0.3 is 0 Å². The summed E-state index contributed by atoms with van der Waals surface area (Å²) in [5.74, 6) is 0.405. The first-order valence-electron chi connectivity index (χ1n) is 4.22. The van der Waals surface area contributed by atoms with Crippen molar-refractivity contribution in [2.24, 2.45) is 0 Å². The molecule has 0 unspecified atom stereocenters. The van der Waals surface area contributed by atoms with Crippen molar-refractivity contribution >= 4 is 39.0 Å². The Morgan fingerprint density at radius 3 is 2.93 bits per heavy atom. The Balaban J connectivity index is 2.13. The Morgan fingerprint density at radius 1 is 1.40 bits per heavy atom. The first-order valence-corrected chi connectivity index (χ1v) is 5.95. The van der Waals surface area contributed by atoms with E-state index >= 15 is 0 Å². The number of nitrogens with zero attached hydrogens (tertiary/aromatic N) is 1. The molecule has 0 saturated heterocycles. The third-order valence-electron chi connectivity index (χ3n) is 1.74. The minimum Gasteiger partial charge on any atom is -0.307 e. The standard InChI is InChI=1S/C10H7BrN2OS/c11-8-2-1-3-9(12-8)13-10(14)7-4-5-15-6-7/h1-6H,(H,12,13,14). The van der Waals surface area contributed by atoms with E-state index in [9.17, 15) is 4.79 Å². The van der Waals surface area contributed by atoms with Crippen LogP contribution in [0.5, 0.6) is 0 Å². The van der Waals surface area contributed by atoms with E-state index in [4.69, 9.17) is 0 Å². The van der Waals surface area contributed by atoms with Crippen LogP contribution in [-0.2, 0) is 0 Å². The smallest absolute Gasteiger partial charge is 0.257 e. The van der Waals surface area contributed by atoms with Crippen LogP contribution in [0.2, 0.25) is 0 Å². The number of hydrogen-bond acceptors (Lipinski definition) is 3. The molecule has 0 spiro atoms. The van der Waals surface area contributed by atoms with Gasteiger partial charge in [0.25, 0.3) is 5.91 Å². The van der Waals surface area contributed by atoms with Crippen LogP contribution < -0.4 is 5.32 Å². The van der Waals surface area contributed by atoms with Gasteiger partial charge in [0.1, 0.15) is 10.4 Å². The van der Waals surface area contributed by atoms with Gasteiger partial charge in [-0.1, -0.05) is 6.07 Å². The molecular formula is C10H7BrN2OS. The van der Waals surface area contributed by atoms with E-state index in [1.165, 1.54) is 11.3 Å². The highest BCUT2D eigenvalue weighted by atomic mass is 79.9. The summed E-state index contributed by atoms with van der Waals surface area (Å²) >= 11 is 4.73. The van der Waals surface area contributed by atoms with Gasteiger partial charge < -0.3 is 5.32 Å². The van der Waals surface area contributed by atoms with E-state index < -0.39 is 0 Å². The van der Waals surface area contributed by atoms with Crippen molar-refractivity contribution in [3.63, 3.8) is 0 Å². The molecule has 2 heterocycles. The maximum absolute atomic E-state index is 11.6. The normalized spacial score (nSPS) is 9.93. The lowest BCUT2D eigenvalue weighted by molar-refractivity contribution is 0.102. The van der Waals surface area contributed by atoms with Crippen LogP contribution in [0.1, 0.15) is 10.4 Å². The Hall–Kier alpha value is -1.20. The number of carbonyl (C=O) groups is 1. The van der Waals surface area contributed by atoms with Gasteiger partial charge in [0, 0.05) is 5.38 Å². The molecule has 0 bridgehead atoms. The third-order valence-corrected chi connectivity index (χ3v) is 2.86. The van der Waals surface area contributed by atoms with Gasteiger partial charge in [-0.3, -0.25) is 4.79 Å². The minimum absolute atomic E-state index is 0.137. The summed E-state index contributed by atoms with van der Waals surface area (Å²) in [6.07, 6.45) is 0. The van der Waals surface area contributed by atoms with Gasteiger partial charge in [-0.05, 0) is 39.5 Å². The van der Waals surface area contributed by atoms with E-state index in [2.05, 4.69) is 26.2 Å². The molecule has 0 aliphatic carbocycles. The number of halogens is 1. The van der Waals surface area contributed by atoms with Gasteiger partial charge in [0.15, 0.2) is 0 Å². The number of pyridine rings is 1. The zero-order valence-electron chi connectivity index (χ0n) is 7.61. The zero-order chi connectivity index (χ0) is 10.7. The molecule has 0 radical (unpaired) electrons. The lowest BCUT2D eigenvalue weighted by Crippen LogP contribution is -2.11. The molecule has 1 amide bonds. The molecule has 3 nitrogen and oxygen atoms in total. The number of anilines is 1. The van der Waals surface area contributed by atoms with Crippen LogP contribution in [0.25, 0.3) is 0 Å². The number of aromatic nitrogens is 1. The van der Waals surface area contributed by atoms with Crippen molar-refractivity contribution < 1.29 is 4.79 Å². The number of rotatable bonds is 2. The molecule has 0 atom stereocenters. The van der Waals surface area contributed by atoms with Crippen molar-refractivity contribution in [2.75, 3.05) is 5.32 Å². The number of thiophene rings is 1. The van der Waals surface area contributed by atoms with E-state index in [0.29, 0.717) is 16.0 Å². The van der Waals surface area contributed by atoms with E-state index in [1.807, 2.05) is 11.4 Å². The van der Waals surface area contributed by atoms with Crippen LogP contribution in [0, 0.1) is 0 Å². The Morgan fingerprint density at radius 2 is 2.27 bits per heavy atom. The summed E-state index contributed by atoms with van der Waals surface area (Å²) in [6, 6.07) is 7.15. The first kappa shape index (κ1) is 10.3. The van der Waals surface area contributed by atoms with Crippen molar-refractivity contribution in [1.29, 1.82) is 0 Å². The summed E-state index contributed by atoms with van der Waals surface area (Å²) in [5, 5.41) is 6.38. The van der Waals surface area contributed by atoms with Gasteiger partial charge in [0.05, 0.1) is 5.56 Å². The molecule has 0 aliphatic rings. The highest BCUT2D eigenvalue weighted by Crippen LogP contribution is 2.12. The lowest BCUT2D eigenvalue weighted by atomic mass is 10.3. The Kier molecular flexibility index (Phi) is 3.13. The van der Waals surface area contributed by atoms with Crippen molar-refractivity contribution in [2.45, 2.75) is 0 Å². The quantitative estimate of drug-likeness (QED) is 0.860. The highest BCUT2D eigenvalue weighted by Gasteiger charge is 2.06. The lowest BCUT2D eigenvalue weighted by Gasteiger charge is -2.02. The van der Waals surface area contributed by atoms with Gasteiger partial charge in [-0.2, -0.15) is 11.3 Å². The number of nitrogens with one attached hydrogen (secondary N) is 1. The number of amides is 1. The average molecular weight is 283 g/mol. The molecule has 15 heavy (non-hydrogen) atoms. The Labute approximate surface area is 99.3 Å².